The molecular weight excluding hydrogens is 470 g/mol. The van der Waals surface area contributed by atoms with E-state index in [0.717, 1.165) is 11.3 Å². The van der Waals surface area contributed by atoms with Crippen molar-refractivity contribution in [1.82, 2.24) is 15.5 Å². The molecule has 0 amide bonds. The summed E-state index contributed by atoms with van der Waals surface area (Å²) in [6, 6.07) is 15.1. The first-order valence-corrected chi connectivity index (χ1v) is 9.03. The number of benzene rings is 2. The highest BCUT2D eigenvalue weighted by Crippen LogP contribution is 2.22. The minimum atomic E-state index is -0.173. The largest absolute Gasteiger partial charge is 0.497 e. The Morgan fingerprint density at radius 2 is 1.89 bits per heavy atom. The van der Waals surface area contributed by atoms with Crippen LogP contribution < -0.4 is 15.4 Å². The molecule has 0 spiro atoms. The summed E-state index contributed by atoms with van der Waals surface area (Å²) in [7, 11) is 7.48. The molecule has 0 saturated carbocycles. The van der Waals surface area contributed by atoms with Crippen LogP contribution in [0.4, 0.5) is 4.39 Å². The van der Waals surface area contributed by atoms with E-state index in [0.29, 0.717) is 31.0 Å². The second-order valence-corrected chi connectivity index (χ2v) is 6.48. The number of nitrogens with zero attached hydrogens (tertiary/aromatic N) is 2. The number of ether oxygens (including phenoxy) is 1. The zero-order valence-electron chi connectivity index (χ0n) is 16.9. The lowest BCUT2D eigenvalue weighted by molar-refractivity contribution is 0.297. The first-order valence-electron chi connectivity index (χ1n) is 9.03. The van der Waals surface area contributed by atoms with E-state index in [4.69, 9.17) is 4.74 Å². The molecule has 1 atom stereocenters. The molecule has 0 aliphatic rings. The number of halogens is 2. The average Bonchev–Trinajstić information content (AvgIpc) is 2.68. The van der Waals surface area contributed by atoms with Crippen LogP contribution >= 0.6 is 24.0 Å². The molecule has 0 heterocycles. The van der Waals surface area contributed by atoms with Gasteiger partial charge in [-0.3, -0.25) is 4.99 Å². The Morgan fingerprint density at radius 1 is 1.14 bits per heavy atom. The Labute approximate surface area is 184 Å². The van der Waals surface area contributed by atoms with Gasteiger partial charge in [0.15, 0.2) is 5.96 Å². The van der Waals surface area contributed by atoms with E-state index < -0.39 is 0 Å². The molecular formula is C21H30FIN4O. The summed E-state index contributed by atoms with van der Waals surface area (Å²) in [6.07, 6.45) is 0.598. The van der Waals surface area contributed by atoms with E-state index in [1.54, 1.807) is 26.3 Å². The third-order valence-electron chi connectivity index (χ3n) is 4.43. The lowest BCUT2D eigenvalue weighted by atomic mass is 10.1. The second-order valence-electron chi connectivity index (χ2n) is 6.48. The molecule has 0 saturated heterocycles. The fourth-order valence-corrected chi connectivity index (χ4v) is 2.88. The van der Waals surface area contributed by atoms with Gasteiger partial charge in [-0.15, -0.1) is 24.0 Å². The van der Waals surface area contributed by atoms with Crippen LogP contribution in [0.5, 0.6) is 5.75 Å². The first-order chi connectivity index (χ1) is 13.0. The minimum absolute atomic E-state index is 0. The Morgan fingerprint density at radius 3 is 2.54 bits per heavy atom. The molecule has 0 bridgehead atoms. The van der Waals surface area contributed by atoms with Gasteiger partial charge < -0.3 is 20.3 Å². The van der Waals surface area contributed by atoms with Crippen LogP contribution in [-0.2, 0) is 6.42 Å². The van der Waals surface area contributed by atoms with Crippen LogP contribution in [0.15, 0.2) is 53.5 Å². The van der Waals surface area contributed by atoms with E-state index in [9.17, 15) is 4.39 Å². The number of rotatable bonds is 8. The van der Waals surface area contributed by atoms with Crippen LogP contribution in [0.25, 0.3) is 0 Å². The molecule has 5 nitrogen and oxygen atoms in total. The molecule has 28 heavy (non-hydrogen) atoms. The van der Waals surface area contributed by atoms with Gasteiger partial charge in [0.25, 0.3) is 0 Å². The van der Waals surface area contributed by atoms with Gasteiger partial charge >= 0.3 is 0 Å². The van der Waals surface area contributed by atoms with Gasteiger partial charge in [0.1, 0.15) is 11.6 Å². The summed E-state index contributed by atoms with van der Waals surface area (Å²) in [6.45, 7) is 1.28. The molecule has 154 valence electrons. The van der Waals surface area contributed by atoms with Crippen LogP contribution in [0, 0.1) is 5.82 Å². The van der Waals surface area contributed by atoms with Crippen LogP contribution in [0.2, 0.25) is 0 Å². The molecule has 1 unspecified atom stereocenters. The van der Waals surface area contributed by atoms with E-state index in [1.807, 2.05) is 38.4 Å². The van der Waals surface area contributed by atoms with E-state index in [-0.39, 0.29) is 35.8 Å². The number of guanidine groups is 1. The molecule has 7 heteroatoms. The predicted molar refractivity (Wildman–Crippen MR) is 124 cm³/mol. The fourth-order valence-electron chi connectivity index (χ4n) is 2.88. The molecule has 2 aromatic carbocycles. The fraction of sp³-hybridized carbons (Fsp3) is 0.381. The van der Waals surface area contributed by atoms with Gasteiger partial charge in [-0.05, 0) is 49.8 Å². The van der Waals surface area contributed by atoms with Gasteiger partial charge in [0.2, 0.25) is 0 Å². The van der Waals surface area contributed by atoms with Crippen molar-refractivity contribution < 1.29 is 9.13 Å². The third kappa shape index (κ3) is 7.27. The molecule has 0 aliphatic carbocycles. The van der Waals surface area contributed by atoms with E-state index in [2.05, 4.69) is 26.6 Å². The third-order valence-corrected chi connectivity index (χ3v) is 4.43. The highest BCUT2D eigenvalue weighted by molar-refractivity contribution is 14.0. The summed E-state index contributed by atoms with van der Waals surface area (Å²) >= 11 is 0. The van der Waals surface area contributed by atoms with Crippen LogP contribution in [0.1, 0.15) is 17.2 Å². The molecule has 2 N–H and O–H groups in total. The molecule has 0 radical (unpaired) electrons. The van der Waals surface area contributed by atoms with Gasteiger partial charge in [-0.1, -0.05) is 30.3 Å². The van der Waals surface area contributed by atoms with Crippen molar-refractivity contribution in [2.75, 3.05) is 41.3 Å². The van der Waals surface area contributed by atoms with Gasteiger partial charge in [0, 0.05) is 20.1 Å². The molecule has 0 aliphatic heterocycles. The van der Waals surface area contributed by atoms with Crippen LogP contribution in [-0.4, -0.2) is 52.2 Å². The standard InChI is InChI=1S/C21H29FN4O.HI/c1-23-21(24-13-12-16-8-5-6-11-19(16)22)25-15-20(26(2)3)17-9-7-10-18(14-17)27-4;/h5-11,14,20H,12-13,15H2,1-4H3,(H2,23,24,25);1H. The smallest absolute Gasteiger partial charge is 0.191 e. The Balaban J connectivity index is 0.00000392. The first kappa shape index (κ1) is 24.2. The van der Waals surface area contributed by atoms with E-state index in [1.165, 1.54) is 6.07 Å². The van der Waals surface area contributed by atoms with Crippen molar-refractivity contribution >= 4 is 29.9 Å². The zero-order chi connectivity index (χ0) is 19.6. The van der Waals surface area contributed by atoms with Gasteiger partial charge in [-0.25, -0.2) is 4.39 Å². The SMILES string of the molecule is CN=C(NCCc1ccccc1F)NCC(c1cccc(OC)c1)N(C)C.I. The van der Waals surface area contributed by atoms with Crippen molar-refractivity contribution in [3.63, 3.8) is 0 Å². The average molecular weight is 500 g/mol. The molecule has 2 aromatic rings. The lowest BCUT2D eigenvalue weighted by Gasteiger charge is -2.26. The summed E-state index contributed by atoms with van der Waals surface area (Å²) in [5.41, 5.74) is 1.86. The lowest BCUT2D eigenvalue weighted by Crippen LogP contribution is -2.42. The highest BCUT2D eigenvalue weighted by Gasteiger charge is 2.15. The Bertz CT molecular complexity index is 755. The van der Waals surface area contributed by atoms with Crippen molar-refractivity contribution in [3.8, 4) is 5.75 Å². The summed E-state index contributed by atoms with van der Waals surface area (Å²) in [5, 5.41) is 6.59. The summed E-state index contributed by atoms with van der Waals surface area (Å²) in [5.74, 6) is 1.36. The van der Waals surface area contributed by atoms with Crippen molar-refractivity contribution in [3.05, 3.63) is 65.5 Å². The quantitative estimate of drug-likeness (QED) is 0.331. The van der Waals surface area contributed by atoms with Crippen molar-refractivity contribution in [2.24, 2.45) is 4.99 Å². The number of aliphatic imine (C=N–C) groups is 1. The molecule has 0 fully saturated rings. The maximum atomic E-state index is 13.7. The van der Waals surface area contributed by atoms with Crippen molar-refractivity contribution in [1.29, 1.82) is 0 Å². The number of hydrogen-bond acceptors (Lipinski definition) is 3. The van der Waals surface area contributed by atoms with Crippen LogP contribution in [0.3, 0.4) is 0 Å². The predicted octanol–water partition coefficient (Wildman–Crippen LogP) is 3.46. The highest BCUT2D eigenvalue weighted by atomic mass is 127. The second kappa shape index (κ2) is 12.6. The normalized spacial score (nSPS) is 12.3. The van der Waals surface area contributed by atoms with Crippen molar-refractivity contribution in [2.45, 2.75) is 12.5 Å². The zero-order valence-corrected chi connectivity index (χ0v) is 19.2. The van der Waals surface area contributed by atoms with Gasteiger partial charge in [0.05, 0.1) is 13.2 Å². The Hall–Kier alpha value is -1.87. The maximum absolute atomic E-state index is 13.7. The summed E-state index contributed by atoms with van der Waals surface area (Å²) < 4.78 is 19.0. The number of methoxy groups -OCH3 is 1. The number of nitrogens with one attached hydrogen (secondary N) is 2. The molecule has 0 aromatic heterocycles. The monoisotopic (exact) mass is 500 g/mol. The number of likely N-dealkylation sites (N-methyl/N-ethyl adjacent to an activating group) is 1. The maximum Gasteiger partial charge on any atom is 0.191 e. The topological polar surface area (TPSA) is 48.9 Å². The summed E-state index contributed by atoms with van der Waals surface area (Å²) in [4.78, 5) is 6.41. The minimum Gasteiger partial charge on any atom is -0.497 e. The number of hydrogen-bond donors (Lipinski definition) is 2. The Kier molecular flexibility index (Phi) is 10.8. The van der Waals surface area contributed by atoms with E-state index >= 15 is 0 Å². The molecule has 2 rings (SSSR count). The van der Waals surface area contributed by atoms with Gasteiger partial charge in [-0.2, -0.15) is 0 Å².